The molecule has 3 nitrogen and oxygen atoms in total. The van der Waals surface area contributed by atoms with Gasteiger partial charge in [0.05, 0.1) is 0 Å². The van der Waals surface area contributed by atoms with Gasteiger partial charge in [0.2, 0.25) is 5.91 Å². The van der Waals surface area contributed by atoms with Crippen LogP contribution in [0, 0.1) is 5.82 Å². The van der Waals surface area contributed by atoms with Crippen molar-refractivity contribution >= 4 is 21.8 Å². The maximum Gasteiger partial charge on any atom is 0.221 e. The molecule has 0 aliphatic carbocycles. The number of nitrogens with one attached hydrogen (secondary N) is 1. The van der Waals surface area contributed by atoms with Crippen molar-refractivity contribution in [1.82, 2.24) is 5.32 Å². The van der Waals surface area contributed by atoms with Gasteiger partial charge in [-0.15, -0.1) is 0 Å². The Labute approximate surface area is 96.0 Å². The number of carbonyl (C=O) groups is 1. The SMILES string of the molecule is NCCC(=O)NCc1ccc(F)cc1Br. The average molecular weight is 275 g/mol. The summed E-state index contributed by atoms with van der Waals surface area (Å²) in [5.41, 5.74) is 6.06. The Morgan fingerprint density at radius 2 is 2.27 bits per heavy atom. The van der Waals surface area contributed by atoms with E-state index in [0.717, 1.165) is 5.56 Å². The standard InChI is InChI=1S/C10H12BrFN2O/c11-9-5-8(12)2-1-7(9)6-14-10(15)3-4-13/h1-2,5H,3-4,6,13H2,(H,14,15). The van der Waals surface area contributed by atoms with Gasteiger partial charge in [-0.05, 0) is 17.7 Å². The molecule has 1 aromatic rings. The number of nitrogens with two attached hydrogens (primary N) is 1. The minimum atomic E-state index is -0.307. The third-order valence-corrected chi connectivity index (χ3v) is 2.60. The average Bonchev–Trinajstić information content (AvgIpc) is 2.17. The van der Waals surface area contributed by atoms with E-state index in [1.807, 2.05) is 0 Å². The van der Waals surface area contributed by atoms with E-state index in [4.69, 9.17) is 5.73 Å². The second-order valence-electron chi connectivity index (χ2n) is 3.05. The summed E-state index contributed by atoms with van der Waals surface area (Å²) in [7, 11) is 0. The van der Waals surface area contributed by atoms with Gasteiger partial charge in [0.25, 0.3) is 0 Å². The zero-order valence-corrected chi connectivity index (χ0v) is 9.68. The summed E-state index contributed by atoms with van der Waals surface area (Å²) >= 11 is 3.22. The van der Waals surface area contributed by atoms with Crippen molar-refractivity contribution in [1.29, 1.82) is 0 Å². The Kier molecular flexibility index (Phi) is 4.71. The molecule has 1 aromatic carbocycles. The Morgan fingerprint density at radius 3 is 2.87 bits per heavy atom. The largest absolute Gasteiger partial charge is 0.352 e. The summed E-state index contributed by atoms with van der Waals surface area (Å²) in [6, 6.07) is 4.35. The highest BCUT2D eigenvalue weighted by atomic mass is 79.9. The van der Waals surface area contributed by atoms with Crippen LogP contribution in [0.3, 0.4) is 0 Å². The van der Waals surface area contributed by atoms with Gasteiger partial charge in [0, 0.05) is 24.0 Å². The molecule has 1 rings (SSSR count). The Morgan fingerprint density at radius 1 is 1.53 bits per heavy atom. The van der Waals surface area contributed by atoms with E-state index in [1.165, 1.54) is 12.1 Å². The fraction of sp³-hybridized carbons (Fsp3) is 0.300. The maximum atomic E-state index is 12.7. The van der Waals surface area contributed by atoms with Gasteiger partial charge in [-0.1, -0.05) is 22.0 Å². The van der Waals surface area contributed by atoms with Crippen LogP contribution in [0.15, 0.2) is 22.7 Å². The Hall–Kier alpha value is -0.940. The van der Waals surface area contributed by atoms with E-state index in [9.17, 15) is 9.18 Å². The van der Waals surface area contributed by atoms with Gasteiger partial charge in [-0.2, -0.15) is 0 Å². The minimum absolute atomic E-state index is 0.103. The maximum absolute atomic E-state index is 12.7. The molecule has 3 N–H and O–H groups in total. The number of benzene rings is 1. The number of hydrogen-bond donors (Lipinski definition) is 2. The highest BCUT2D eigenvalue weighted by molar-refractivity contribution is 9.10. The van der Waals surface area contributed by atoms with Crippen LogP contribution in [-0.2, 0) is 11.3 Å². The van der Waals surface area contributed by atoms with Crippen LogP contribution in [0.5, 0.6) is 0 Å². The van der Waals surface area contributed by atoms with Crippen molar-refractivity contribution in [2.45, 2.75) is 13.0 Å². The number of rotatable bonds is 4. The topological polar surface area (TPSA) is 55.1 Å². The fourth-order valence-corrected chi connectivity index (χ4v) is 1.57. The monoisotopic (exact) mass is 274 g/mol. The molecule has 0 fully saturated rings. The van der Waals surface area contributed by atoms with E-state index in [2.05, 4.69) is 21.2 Å². The van der Waals surface area contributed by atoms with E-state index in [-0.39, 0.29) is 11.7 Å². The van der Waals surface area contributed by atoms with Gasteiger partial charge < -0.3 is 11.1 Å². The van der Waals surface area contributed by atoms with Crippen LogP contribution < -0.4 is 11.1 Å². The summed E-state index contributed by atoms with van der Waals surface area (Å²) in [6.45, 7) is 0.704. The molecular weight excluding hydrogens is 263 g/mol. The molecule has 0 aromatic heterocycles. The molecule has 1 amide bonds. The molecule has 0 aliphatic heterocycles. The summed E-state index contributed by atoms with van der Waals surface area (Å²) in [5, 5.41) is 2.69. The predicted molar refractivity (Wildman–Crippen MR) is 59.6 cm³/mol. The number of carbonyl (C=O) groups excluding carboxylic acids is 1. The third-order valence-electron chi connectivity index (χ3n) is 1.86. The van der Waals surface area contributed by atoms with Crippen molar-refractivity contribution in [3.8, 4) is 0 Å². The van der Waals surface area contributed by atoms with Crippen LogP contribution in [-0.4, -0.2) is 12.5 Å². The second-order valence-corrected chi connectivity index (χ2v) is 3.91. The van der Waals surface area contributed by atoms with E-state index in [0.29, 0.717) is 24.0 Å². The molecule has 0 bridgehead atoms. The van der Waals surface area contributed by atoms with Crippen LogP contribution in [0.25, 0.3) is 0 Å². The summed E-state index contributed by atoms with van der Waals surface area (Å²) in [5.74, 6) is -0.410. The molecule has 15 heavy (non-hydrogen) atoms. The van der Waals surface area contributed by atoms with E-state index < -0.39 is 0 Å². The summed E-state index contributed by atoms with van der Waals surface area (Å²) < 4.78 is 13.4. The van der Waals surface area contributed by atoms with Crippen molar-refractivity contribution in [2.75, 3.05) is 6.54 Å². The second kappa shape index (κ2) is 5.82. The van der Waals surface area contributed by atoms with Crippen LogP contribution in [0.1, 0.15) is 12.0 Å². The smallest absolute Gasteiger partial charge is 0.221 e. The molecule has 5 heteroatoms. The lowest BCUT2D eigenvalue weighted by Crippen LogP contribution is -2.25. The van der Waals surface area contributed by atoms with Gasteiger partial charge >= 0.3 is 0 Å². The molecule has 0 spiro atoms. The lowest BCUT2D eigenvalue weighted by atomic mass is 10.2. The first-order chi connectivity index (χ1) is 7.13. The quantitative estimate of drug-likeness (QED) is 0.876. The number of amides is 1. The predicted octanol–water partition coefficient (Wildman–Crippen LogP) is 1.55. The van der Waals surface area contributed by atoms with Crippen molar-refractivity contribution < 1.29 is 9.18 Å². The first kappa shape index (κ1) is 12.1. The molecule has 0 saturated carbocycles. The van der Waals surface area contributed by atoms with Crippen molar-refractivity contribution in [3.63, 3.8) is 0 Å². The molecule has 82 valence electrons. The Bertz CT molecular complexity index is 357. The molecule has 0 heterocycles. The third kappa shape index (κ3) is 3.97. The van der Waals surface area contributed by atoms with E-state index in [1.54, 1.807) is 6.07 Å². The highest BCUT2D eigenvalue weighted by Crippen LogP contribution is 2.17. The molecule has 0 unspecified atom stereocenters. The summed E-state index contributed by atoms with van der Waals surface area (Å²) in [6.07, 6.45) is 0.304. The van der Waals surface area contributed by atoms with Crippen LogP contribution in [0.4, 0.5) is 4.39 Å². The molecule has 0 radical (unpaired) electrons. The zero-order chi connectivity index (χ0) is 11.3. The van der Waals surface area contributed by atoms with Crippen molar-refractivity contribution in [3.05, 3.63) is 34.1 Å². The van der Waals surface area contributed by atoms with Crippen LogP contribution >= 0.6 is 15.9 Å². The number of halogens is 2. The first-order valence-corrected chi connectivity index (χ1v) is 5.33. The highest BCUT2D eigenvalue weighted by Gasteiger charge is 2.03. The molecular formula is C10H12BrFN2O. The van der Waals surface area contributed by atoms with Gasteiger partial charge in [-0.25, -0.2) is 4.39 Å². The van der Waals surface area contributed by atoms with Gasteiger partial charge in [0.15, 0.2) is 0 Å². The Balaban J connectivity index is 2.54. The zero-order valence-electron chi connectivity index (χ0n) is 8.09. The van der Waals surface area contributed by atoms with Gasteiger partial charge in [0.1, 0.15) is 5.82 Å². The van der Waals surface area contributed by atoms with Crippen LogP contribution in [0.2, 0.25) is 0 Å². The normalized spacial score (nSPS) is 10.1. The van der Waals surface area contributed by atoms with E-state index >= 15 is 0 Å². The molecule has 0 saturated heterocycles. The lowest BCUT2D eigenvalue weighted by molar-refractivity contribution is -0.121. The lowest BCUT2D eigenvalue weighted by Gasteiger charge is -2.06. The summed E-state index contributed by atoms with van der Waals surface area (Å²) in [4.78, 5) is 11.1. The van der Waals surface area contributed by atoms with Gasteiger partial charge in [-0.3, -0.25) is 4.79 Å². The van der Waals surface area contributed by atoms with Crippen molar-refractivity contribution in [2.24, 2.45) is 5.73 Å². The molecule has 0 aliphatic rings. The number of hydrogen-bond acceptors (Lipinski definition) is 2. The molecule has 0 atom stereocenters. The fourth-order valence-electron chi connectivity index (χ4n) is 1.08. The first-order valence-electron chi connectivity index (χ1n) is 4.54. The minimum Gasteiger partial charge on any atom is -0.352 e.